The standard InChI is InChI=1S/C12H17NO2S/c1-2-3-5-10-12(13(14)15)16-11-8-6-4-7-9-11/h4,6-9,12H,2-3,5,10H2,1H3. The first-order valence-electron chi connectivity index (χ1n) is 5.59. The van der Waals surface area contributed by atoms with E-state index in [4.69, 9.17) is 0 Å². The van der Waals surface area contributed by atoms with Crippen molar-refractivity contribution in [3.05, 3.63) is 40.4 Å². The summed E-state index contributed by atoms with van der Waals surface area (Å²) in [6, 6.07) is 9.57. The number of thioether (sulfide) groups is 1. The summed E-state index contributed by atoms with van der Waals surface area (Å²) in [5, 5.41) is 10.4. The van der Waals surface area contributed by atoms with Crippen molar-refractivity contribution in [1.82, 2.24) is 0 Å². The van der Waals surface area contributed by atoms with Gasteiger partial charge in [-0.3, -0.25) is 10.1 Å². The number of benzene rings is 1. The van der Waals surface area contributed by atoms with Crippen LogP contribution in [-0.2, 0) is 0 Å². The van der Waals surface area contributed by atoms with Crippen molar-refractivity contribution in [1.29, 1.82) is 0 Å². The predicted octanol–water partition coefficient (Wildman–Crippen LogP) is 3.96. The number of nitro groups is 1. The van der Waals surface area contributed by atoms with Crippen molar-refractivity contribution in [2.75, 3.05) is 0 Å². The van der Waals surface area contributed by atoms with Crippen LogP contribution in [0.15, 0.2) is 35.2 Å². The zero-order chi connectivity index (χ0) is 11.8. The molecule has 0 bridgehead atoms. The Kier molecular flexibility index (Phi) is 5.93. The average molecular weight is 239 g/mol. The molecule has 1 unspecified atom stereocenters. The molecule has 4 heteroatoms. The molecule has 3 nitrogen and oxygen atoms in total. The fraction of sp³-hybridized carbons (Fsp3) is 0.500. The van der Waals surface area contributed by atoms with Crippen LogP contribution in [0.1, 0.15) is 32.6 Å². The third kappa shape index (κ3) is 4.66. The van der Waals surface area contributed by atoms with Crippen molar-refractivity contribution in [2.24, 2.45) is 0 Å². The van der Waals surface area contributed by atoms with E-state index in [2.05, 4.69) is 6.92 Å². The Morgan fingerprint density at radius 1 is 1.31 bits per heavy atom. The summed E-state index contributed by atoms with van der Waals surface area (Å²) in [5.74, 6) is 0. The summed E-state index contributed by atoms with van der Waals surface area (Å²) in [5.41, 5.74) is 0. The second kappa shape index (κ2) is 7.28. The zero-order valence-electron chi connectivity index (χ0n) is 9.46. The Morgan fingerprint density at radius 3 is 2.56 bits per heavy atom. The Hall–Kier alpha value is -1.03. The molecule has 0 aliphatic rings. The van der Waals surface area contributed by atoms with E-state index < -0.39 is 5.37 Å². The first kappa shape index (κ1) is 13.0. The highest BCUT2D eigenvalue weighted by atomic mass is 32.2. The molecule has 1 atom stereocenters. The second-order valence-corrected chi connectivity index (χ2v) is 4.92. The molecular weight excluding hydrogens is 222 g/mol. The molecule has 16 heavy (non-hydrogen) atoms. The normalized spacial score (nSPS) is 12.3. The molecule has 0 radical (unpaired) electrons. The van der Waals surface area contributed by atoms with E-state index in [1.165, 1.54) is 11.8 Å². The van der Waals surface area contributed by atoms with Crippen LogP contribution in [-0.4, -0.2) is 10.3 Å². The van der Waals surface area contributed by atoms with Gasteiger partial charge in [0.05, 0.1) is 0 Å². The number of hydrogen-bond donors (Lipinski definition) is 0. The van der Waals surface area contributed by atoms with Gasteiger partial charge in [-0.05, 0) is 30.3 Å². The Morgan fingerprint density at radius 2 is 2.00 bits per heavy atom. The van der Waals surface area contributed by atoms with Crippen LogP contribution in [0.3, 0.4) is 0 Å². The van der Waals surface area contributed by atoms with E-state index in [-0.39, 0.29) is 4.92 Å². The lowest BCUT2D eigenvalue weighted by Crippen LogP contribution is -2.14. The molecule has 0 aliphatic heterocycles. The molecule has 1 rings (SSSR count). The number of hydrogen-bond acceptors (Lipinski definition) is 3. The minimum absolute atomic E-state index is 0.173. The predicted molar refractivity (Wildman–Crippen MR) is 67.2 cm³/mol. The van der Waals surface area contributed by atoms with Crippen LogP contribution in [0.4, 0.5) is 0 Å². The van der Waals surface area contributed by atoms with Gasteiger partial charge in [0.25, 0.3) is 5.37 Å². The summed E-state index contributed by atoms with van der Waals surface area (Å²) in [4.78, 5) is 11.7. The van der Waals surface area contributed by atoms with E-state index in [0.29, 0.717) is 6.42 Å². The van der Waals surface area contributed by atoms with Gasteiger partial charge in [-0.15, -0.1) is 0 Å². The third-order valence-electron chi connectivity index (χ3n) is 2.31. The molecule has 0 saturated carbocycles. The number of rotatable bonds is 7. The highest BCUT2D eigenvalue weighted by Gasteiger charge is 2.20. The van der Waals surface area contributed by atoms with Gasteiger partial charge in [0.2, 0.25) is 0 Å². The van der Waals surface area contributed by atoms with Crippen LogP contribution < -0.4 is 0 Å². The highest BCUT2D eigenvalue weighted by molar-refractivity contribution is 7.99. The summed E-state index contributed by atoms with van der Waals surface area (Å²) in [7, 11) is 0. The summed E-state index contributed by atoms with van der Waals surface area (Å²) in [6.07, 6.45) is 3.75. The van der Waals surface area contributed by atoms with Gasteiger partial charge in [-0.25, -0.2) is 0 Å². The maximum Gasteiger partial charge on any atom is 0.262 e. The quantitative estimate of drug-likeness (QED) is 0.238. The first-order chi connectivity index (χ1) is 7.74. The molecule has 0 saturated heterocycles. The lowest BCUT2D eigenvalue weighted by atomic mass is 10.2. The van der Waals surface area contributed by atoms with Gasteiger partial charge in [-0.1, -0.05) is 38.0 Å². The van der Waals surface area contributed by atoms with Crippen molar-refractivity contribution in [2.45, 2.75) is 42.9 Å². The van der Waals surface area contributed by atoms with Crippen LogP contribution in [0, 0.1) is 10.1 Å². The Bertz CT molecular complexity index is 316. The molecule has 1 aromatic carbocycles. The lowest BCUT2D eigenvalue weighted by molar-refractivity contribution is -0.496. The van der Waals surface area contributed by atoms with Gasteiger partial charge in [0.1, 0.15) is 0 Å². The molecule has 88 valence electrons. The summed E-state index contributed by atoms with van der Waals surface area (Å²) in [6.45, 7) is 2.10. The van der Waals surface area contributed by atoms with Crippen LogP contribution in [0.5, 0.6) is 0 Å². The van der Waals surface area contributed by atoms with E-state index >= 15 is 0 Å². The zero-order valence-corrected chi connectivity index (χ0v) is 10.3. The van der Waals surface area contributed by atoms with Gasteiger partial charge >= 0.3 is 0 Å². The van der Waals surface area contributed by atoms with Gasteiger partial charge < -0.3 is 0 Å². The smallest absolute Gasteiger partial charge is 0.262 e. The van der Waals surface area contributed by atoms with Gasteiger partial charge in [0, 0.05) is 16.2 Å². The summed E-state index contributed by atoms with van der Waals surface area (Å²) >= 11 is 1.35. The van der Waals surface area contributed by atoms with Crippen LogP contribution in [0.25, 0.3) is 0 Å². The van der Waals surface area contributed by atoms with Crippen LogP contribution >= 0.6 is 11.8 Å². The van der Waals surface area contributed by atoms with Crippen molar-refractivity contribution in [3.8, 4) is 0 Å². The Labute approximate surface area is 100 Å². The molecule has 0 heterocycles. The minimum Gasteiger partial charge on any atom is -0.263 e. The third-order valence-corrected chi connectivity index (χ3v) is 3.53. The SMILES string of the molecule is CCCCCC(Sc1ccccc1)[N+](=O)[O-]. The highest BCUT2D eigenvalue weighted by Crippen LogP contribution is 2.26. The van der Waals surface area contributed by atoms with Gasteiger partial charge in [0.15, 0.2) is 0 Å². The second-order valence-electron chi connectivity index (χ2n) is 3.67. The molecule has 0 amide bonds. The maximum atomic E-state index is 10.9. The topological polar surface area (TPSA) is 43.1 Å². The first-order valence-corrected chi connectivity index (χ1v) is 6.47. The molecule has 0 N–H and O–H groups in total. The van der Waals surface area contributed by atoms with Crippen molar-refractivity contribution in [3.63, 3.8) is 0 Å². The van der Waals surface area contributed by atoms with E-state index in [0.717, 1.165) is 24.2 Å². The fourth-order valence-corrected chi connectivity index (χ4v) is 2.43. The van der Waals surface area contributed by atoms with Crippen molar-refractivity contribution >= 4 is 11.8 Å². The monoisotopic (exact) mass is 239 g/mol. The average Bonchev–Trinajstić information content (AvgIpc) is 2.29. The van der Waals surface area contributed by atoms with Crippen molar-refractivity contribution < 1.29 is 4.92 Å². The minimum atomic E-state index is -0.506. The molecule has 0 fully saturated rings. The molecule has 0 spiro atoms. The lowest BCUT2D eigenvalue weighted by Gasteiger charge is -2.08. The largest absolute Gasteiger partial charge is 0.263 e. The maximum absolute atomic E-state index is 10.9. The Balaban J connectivity index is 2.48. The number of nitrogens with zero attached hydrogens (tertiary/aromatic N) is 1. The molecule has 0 aliphatic carbocycles. The van der Waals surface area contributed by atoms with E-state index in [1.54, 1.807) is 0 Å². The number of unbranched alkanes of at least 4 members (excludes halogenated alkanes) is 2. The fourth-order valence-electron chi connectivity index (χ4n) is 1.43. The molecular formula is C12H17NO2S. The molecule has 0 aromatic heterocycles. The van der Waals surface area contributed by atoms with Gasteiger partial charge in [-0.2, -0.15) is 0 Å². The molecule has 1 aromatic rings. The van der Waals surface area contributed by atoms with E-state index in [1.807, 2.05) is 30.3 Å². The summed E-state index contributed by atoms with van der Waals surface area (Å²) < 4.78 is 0. The van der Waals surface area contributed by atoms with E-state index in [9.17, 15) is 10.1 Å². The van der Waals surface area contributed by atoms with Crippen LogP contribution in [0.2, 0.25) is 0 Å².